The Hall–Kier alpha value is -0.870. The van der Waals surface area contributed by atoms with Crippen LogP contribution in [0.5, 0.6) is 0 Å². The first-order valence-corrected chi connectivity index (χ1v) is 5.38. The van der Waals surface area contributed by atoms with Crippen LogP contribution >= 0.6 is 0 Å². The van der Waals surface area contributed by atoms with Gasteiger partial charge in [-0.3, -0.25) is 0 Å². The number of aromatic nitrogens is 2. The van der Waals surface area contributed by atoms with Crippen LogP contribution in [0.4, 0.5) is 0 Å². The van der Waals surface area contributed by atoms with Crippen LogP contribution in [0.3, 0.4) is 0 Å². The lowest BCUT2D eigenvalue weighted by molar-refractivity contribution is 0.0555. The van der Waals surface area contributed by atoms with Crippen molar-refractivity contribution < 1.29 is 9.84 Å². The molecule has 15 heavy (non-hydrogen) atoms. The van der Waals surface area contributed by atoms with E-state index in [2.05, 4.69) is 11.9 Å². The fourth-order valence-corrected chi connectivity index (χ4v) is 1.59. The molecule has 0 fully saturated rings. The Bertz CT molecular complexity index is 286. The Kier molecular flexibility index (Phi) is 4.78. The third kappa shape index (κ3) is 3.64. The molecule has 1 aromatic rings. The van der Waals surface area contributed by atoms with Crippen LogP contribution in [0, 0.1) is 0 Å². The van der Waals surface area contributed by atoms with Gasteiger partial charge >= 0.3 is 0 Å². The molecule has 86 valence electrons. The molecule has 0 bridgehead atoms. The number of aliphatic hydroxyl groups excluding tert-OH is 1. The second-order valence-corrected chi connectivity index (χ2v) is 3.77. The highest BCUT2D eigenvalue weighted by Gasteiger charge is 2.13. The smallest absolute Gasteiger partial charge is 0.111 e. The topological polar surface area (TPSA) is 47.3 Å². The van der Waals surface area contributed by atoms with Crippen LogP contribution in [-0.2, 0) is 17.7 Å². The molecule has 0 spiro atoms. The lowest BCUT2D eigenvalue weighted by atomic mass is 10.1. The first-order chi connectivity index (χ1) is 7.17. The van der Waals surface area contributed by atoms with Crippen LogP contribution in [-0.4, -0.2) is 34.0 Å². The third-order valence-corrected chi connectivity index (χ3v) is 2.57. The summed E-state index contributed by atoms with van der Waals surface area (Å²) in [6.07, 6.45) is 4.65. The van der Waals surface area contributed by atoms with E-state index in [-0.39, 0.29) is 12.2 Å². The minimum Gasteiger partial charge on any atom is -0.393 e. The fourth-order valence-electron chi connectivity index (χ4n) is 1.59. The van der Waals surface area contributed by atoms with Gasteiger partial charge in [-0.15, -0.1) is 0 Å². The molecule has 1 N–H and O–H groups in total. The van der Waals surface area contributed by atoms with Gasteiger partial charge in [-0.1, -0.05) is 0 Å². The van der Waals surface area contributed by atoms with E-state index in [1.165, 1.54) is 0 Å². The summed E-state index contributed by atoms with van der Waals surface area (Å²) >= 11 is 0. The lowest BCUT2D eigenvalue weighted by Gasteiger charge is -2.15. The largest absolute Gasteiger partial charge is 0.393 e. The van der Waals surface area contributed by atoms with E-state index in [1.54, 1.807) is 13.3 Å². The van der Waals surface area contributed by atoms with Crippen molar-refractivity contribution in [3.63, 3.8) is 0 Å². The van der Waals surface area contributed by atoms with E-state index in [0.29, 0.717) is 12.8 Å². The number of aryl methyl sites for hydroxylation is 1. The highest BCUT2D eigenvalue weighted by atomic mass is 16.5. The van der Waals surface area contributed by atoms with E-state index in [9.17, 15) is 5.11 Å². The van der Waals surface area contributed by atoms with Gasteiger partial charge in [-0.05, 0) is 20.3 Å². The SMILES string of the molecule is CCn1ccnc1CC(O)CC(C)OC. The van der Waals surface area contributed by atoms with Gasteiger partial charge in [-0.2, -0.15) is 0 Å². The number of hydrogen-bond acceptors (Lipinski definition) is 3. The molecule has 4 nitrogen and oxygen atoms in total. The highest BCUT2D eigenvalue weighted by molar-refractivity contribution is 4.94. The van der Waals surface area contributed by atoms with Crippen LogP contribution < -0.4 is 0 Å². The quantitative estimate of drug-likeness (QED) is 0.771. The first kappa shape index (κ1) is 12.2. The van der Waals surface area contributed by atoms with Gasteiger partial charge in [0.25, 0.3) is 0 Å². The van der Waals surface area contributed by atoms with Gasteiger partial charge in [0.2, 0.25) is 0 Å². The normalized spacial score (nSPS) is 15.2. The van der Waals surface area contributed by atoms with E-state index >= 15 is 0 Å². The zero-order chi connectivity index (χ0) is 11.3. The number of methoxy groups -OCH3 is 1. The second-order valence-electron chi connectivity index (χ2n) is 3.77. The minimum atomic E-state index is -0.382. The average Bonchev–Trinajstić information content (AvgIpc) is 2.64. The summed E-state index contributed by atoms with van der Waals surface area (Å²) < 4.78 is 7.15. The summed E-state index contributed by atoms with van der Waals surface area (Å²) in [5.41, 5.74) is 0. The highest BCUT2D eigenvalue weighted by Crippen LogP contribution is 2.08. The predicted molar refractivity (Wildman–Crippen MR) is 58.7 cm³/mol. The fraction of sp³-hybridized carbons (Fsp3) is 0.727. The van der Waals surface area contributed by atoms with Gasteiger partial charge in [0.1, 0.15) is 5.82 Å². The van der Waals surface area contributed by atoms with Gasteiger partial charge in [0.05, 0.1) is 12.2 Å². The maximum atomic E-state index is 9.81. The zero-order valence-corrected chi connectivity index (χ0v) is 9.68. The predicted octanol–water partition coefficient (Wildman–Crippen LogP) is 1.23. The number of imidazole rings is 1. The second kappa shape index (κ2) is 5.88. The summed E-state index contributed by atoms with van der Waals surface area (Å²) in [7, 11) is 1.66. The molecule has 2 atom stereocenters. The third-order valence-electron chi connectivity index (χ3n) is 2.57. The van der Waals surface area contributed by atoms with E-state index in [1.807, 2.05) is 17.7 Å². The Labute approximate surface area is 90.9 Å². The molecule has 2 unspecified atom stereocenters. The minimum absolute atomic E-state index is 0.0880. The summed E-state index contributed by atoms with van der Waals surface area (Å²) in [6, 6.07) is 0. The van der Waals surface area contributed by atoms with Crippen molar-refractivity contribution in [2.24, 2.45) is 0 Å². The summed E-state index contributed by atoms with van der Waals surface area (Å²) in [5.74, 6) is 0.938. The first-order valence-electron chi connectivity index (χ1n) is 5.38. The van der Waals surface area contributed by atoms with Crippen molar-refractivity contribution in [1.29, 1.82) is 0 Å². The van der Waals surface area contributed by atoms with Crippen molar-refractivity contribution in [3.05, 3.63) is 18.2 Å². The average molecular weight is 212 g/mol. The van der Waals surface area contributed by atoms with E-state index in [0.717, 1.165) is 12.4 Å². The molecule has 0 aromatic carbocycles. The van der Waals surface area contributed by atoms with Crippen molar-refractivity contribution in [2.75, 3.05) is 7.11 Å². The van der Waals surface area contributed by atoms with Gasteiger partial charge in [-0.25, -0.2) is 4.98 Å². The van der Waals surface area contributed by atoms with Gasteiger partial charge in [0, 0.05) is 32.5 Å². The van der Waals surface area contributed by atoms with Crippen molar-refractivity contribution in [2.45, 2.75) is 45.4 Å². The number of aliphatic hydroxyl groups is 1. The van der Waals surface area contributed by atoms with E-state index < -0.39 is 0 Å². The molecular formula is C11H20N2O2. The number of nitrogens with zero attached hydrogens (tertiary/aromatic N) is 2. The molecule has 4 heteroatoms. The summed E-state index contributed by atoms with van der Waals surface area (Å²) in [6.45, 7) is 4.91. The molecular weight excluding hydrogens is 192 g/mol. The zero-order valence-electron chi connectivity index (χ0n) is 9.68. The van der Waals surface area contributed by atoms with Crippen LogP contribution in [0.2, 0.25) is 0 Å². The molecule has 0 saturated heterocycles. The van der Waals surface area contributed by atoms with E-state index in [4.69, 9.17) is 4.74 Å². The molecule has 0 aliphatic rings. The maximum Gasteiger partial charge on any atom is 0.111 e. The summed E-state index contributed by atoms with van der Waals surface area (Å²) in [5, 5.41) is 9.81. The molecule has 1 heterocycles. The van der Waals surface area contributed by atoms with Gasteiger partial charge in [0.15, 0.2) is 0 Å². The monoisotopic (exact) mass is 212 g/mol. The standard InChI is InChI=1S/C11H20N2O2/c1-4-13-6-5-12-11(13)8-10(14)7-9(2)15-3/h5-6,9-10,14H,4,7-8H2,1-3H3. The van der Waals surface area contributed by atoms with Crippen LogP contribution in [0.25, 0.3) is 0 Å². The molecule has 0 radical (unpaired) electrons. The Morgan fingerprint density at radius 3 is 2.93 bits per heavy atom. The Morgan fingerprint density at radius 2 is 2.33 bits per heavy atom. The summed E-state index contributed by atoms with van der Waals surface area (Å²) in [4.78, 5) is 4.22. The molecule has 0 amide bonds. The van der Waals surface area contributed by atoms with Crippen LogP contribution in [0.1, 0.15) is 26.1 Å². The van der Waals surface area contributed by atoms with Crippen LogP contribution in [0.15, 0.2) is 12.4 Å². The molecule has 0 saturated carbocycles. The maximum absolute atomic E-state index is 9.81. The number of ether oxygens (including phenoxy) is 1. The van der Waals surface area contributed by atoms with Gasteiger partial charge < -0.3 is 14.4 Å². The molecule has 0 aliphatic heterocycles. The Balaban J connectivity index is 2.47. The number of rotatable bonds is 6. The van der Waals surface area contributed by atoms with Crippen molar-refractivity contribution in [3.8, 4) is 0 Å². The number of hydrogen-bond donors (Lipinski definition) is 1. The molecule has 1 aromatic heterocycles. The molecule has 0 aliphatic carbocycles. The Morgan fingerprint density at radius 1 is 1.60 bits per heavy atom. The lowest BCUT2D eigenvalue weighted by Crippen LogP contribution is -2.20. The van der Waals surface area contributed by atoms with Crippen molar-refractivity contribution >= 4 is 0 Å². The molecule has 1 rings (SSSR count). The van der Waals surface area contributed by atoms with Crippen molar-refractivity contribution in [1.82, 2.24) is 9.55 Å².